The Morgan fingerprint density at radius 2 is 1.81 bits per heavy atom. The van der Waals surface area contributed by atoms with Crippen LogP contribution in [0.15, 0.2) is 30.3 Å². The summed E-state index contributed by atoms with van der Waals surface area (Å²) in [6.07, 6.45) is 0. The highest BCUT2D eigenvalue weighted by molar-refractivity contribution is 5.14. The Hall–Kier alpha value is -0.860. The molecule has 1 aromatic rings. The monoisotopic (exact) mass is 220 g/mol. The molecule has 0 bridgehead atoms. The minimum absolute atomic E-state index is 0.477. The second-order valence-electron chi connectivity index (χ2n) is 4.60. The fraction of sp³-hybridized carbons (Fsp3) is 0.571. The number of likely N-dealkylation sites (N-methyl/N-ethyl adjacent to an activating group) is 1. The number of benzene rings is 1. The van der Waals surface area contributed by atoms with Gasteiger partial charge in [0.2, 0.25) is 0 Å². The van der Waals surface area contributed by atoms with E-state index in [1.54, 1.807) is 0 Å². The van der Waals surface area contributed by atoms with Crippen LogP contribution in [0.2, 0.25) is 0 Å². The molecule has 0 saturated heterocycles. The molecule has 16 heavy (non-hydrogen) atoms. The molecule has 2 nitrogen and oxygen atoms in total. The summed E-state index contributed by atoms with van der Waals surface area (Å²) < 4.78 is 0. The largest absolute Gasteiger partial charge is 0.329 e. The van der Waals surface area contributed by atoms with Crippen molar-refractivity contribution in [2.24, 2.45) is 11.7 Å². The molecular formula is C14H24N2. The Labute approximate surface area is 99.5 Å². The second-order valence-corrected chi connectivity index (χ2v) is 4.60. The Morgan fingerprint density at radius 1 is 1.19 bits per heavy atom. The van der Waals surface area contributed by atoms with Gasteiger partial charge >= 0.3 is 0 Å². The summed E-state index contributed by atoms with van der Waals surface area (Å²) in [5.41, 5.74) is 7.23. The minimum atomic E-state index is 0.477. The summed E-state index contributed by atoms with van der Waals surface area (Å²) in [5, 5.41) is 0. The fourth-order valence-corrected chi connectivity index (χ4v) is 2.12. The molecule has 1 rings (SSSR count). The van der Waals surface area contributed by atoms with E-state index in [-0.39, 0.29) is 0 Å². The van der Waals surface area contributed by atoms with Crippen molar-refractivity contribution in [2.45, 2.75) is 33.4 Å². The Kier molecular flexibility index (Phi) is 5.50. The zero-order valence-electron chi connectivity index (χ0n) is 10.7. The predicted molar refractivity (Wildman–Crippen MR) is 70.2 cm³/mol. The van der Waals surface area contributed by atoms with E-state index in [9.17, 15) is 0 Å². The summed E-state index contributed by atoms with van der Waals surface area (Å²) in [4.78, 5) is 2.46. The standard InChI is InChI=1S/C14H24N2/c1-4-16(14(10-15)12(2)3)11-13-8-6-5-7-9-13/h5-9,12,14H,4,10-11,15H2,1-3H3. The van der Waals surface area contributed by atoms with Crippen molar-refractivity contribution in [3.63, 3.8) is 0 Å². The third-order valence-corrected chi connectivity index (χ3v) is 3.11. The highest BCUT2D eigenvalue weighted by atomic mass is 15.2. The number of hydrogen-bond acceptors (Lipinski definition) is 2. The van der Waals surface area contributed by atoms with Crippen molar-refractivity contribution in [1.82, 2.24) is 4.90 Å². The van der Waals surface area contributed by atoms with Gasteiger partial charge < -0.3 is 5.73 Å². The van der Waals surface area contributed by atoms with Crippen LogP contribution in [0.25, 0.3) is 0 Å². The van der Waals surface area contributed by atoms with E-state index in [2.05, 4.69) is 56.0 Å². The van der Waals surface area contributed by atoms with E-state index in [0.717, 1.165) is 19.6 Å². The second kappa shape index (κ2) is 6.66. The van der Waals surface area contributed by atoms with Gasteiger partial charge in [-0.1, -0.05) is 51.1 Å². The van der Waals surface area contributed by atoms with Crippen LogP contribution in [0.1, 0.15) is 26.3 Å². The lowest BCUT2D eigenvalue weighted by atomic mass is 10.0. The number of nitrogens with zero attached hydrogens (tertiary/aromatic N) is 1. The van der Waals surface area contributed by atoms with E-state index in [1.165, 1.54) is 5.56 Å². The zero-order chi connectivity index (χ0) is 12.0. The van der Waals surface area contributed by atoms with E-state index >= 15 is 0 Å². The first-order valence-electron chi connectivity index (χ1n) is 6.17. The van der Waals surface area contributed by atoms with Gasteiger partial charge in [0.1, 0.15) is 0 Å². The first kappa shape index (κ1) is 13.2. The van der Waals surface area contributed by atoms with E-state index in [0.29, 0.717) is 12.0 Å². The number of hydrogen-bond donors (Lipinski definition) is 1. The molecule has 0 amide bonds. The van der Waals surface area contributed by atoms with Gasteiger partial charge in [-0.3, -0.25) is 4.90 Å². The Balaban J connectivity index is 2.68. The highest BCUT2D eigenvalue weighted by Gasteiger charge is 2.18. The van der Waals surface area contributed by atoms with Gasteiger partial charge in [0, 0.05) is 19.1 Å². The van der Waals surface area contributed by atoms with Crippen LogP contribution in [-0.2, 0) is 6.54 Å². The van der Waals surface area contributed by atoms with Crippen molar-refractivity contribution < 1.29 is 0 Å². The van der Waals surface area contributed by atoms with Crippen molar-refractivity contribution >= 4 is 0 Å². The molecule has 0 aliphatic carbocycles. The molecule has 2 heteroatoms. The lowest BCUT2D eigenvalue weighted by Gasteiger charge is -2.32. The van der Waals surface area contributed by atoms with Gasteiger partial charge in [-0.15, -0.1) is 0 Å². The molecule has 0 saturated carbocycles. The summed E-state index contributed by atoms with van der Waals surface area (Å²) in [6, 6.07) is 11.1. The van der Waals surface area contributed by atoms with Crippen LogP contribution in [0.3, 0.4) is 0 Å². The van der Waals surface area contributed by atoms with Crippen molar-refractivity contribution in [2.75, 3.05) is 13.1 Å². The van der Waals surface area contributed by atoms with Crippen LogP contribution in [0.5, 0.6) is 0 Å². The zero-order valence-corrected chi connectivity index (χ0v) is 10.7. The maximum atomic E-state index is 5.86. The Morgan fingerprint density at radius 3 is 2.25 bits per heavy atom. The summed E-state index contributed by atoms with van der Waals surface area (Å²) >= 11 is 0. The molecule has 0 heterocycles. The molecule has 0 aliphatic heterocycles. The maximum Gasteiger partial charge on any atom is 0.0244 e. The van der Waals surface area contributed by atoms with E-state index < -0.39 is 0 Å². The number of nitrogens with two attached hydrogens (primary N) is 1. The van der Waals surface area contributed by atoms with Gasteiger partial charge in [-0.2, -0.15) is 0 Å². The molecular weight excluding hydrogens is 196 g/mol. The maximum absolute atomic E-state index is 5.86. The summed E-state index contributed by atoms with van der Waals surface area (Å²) in [6.45, 7) is 9.47. The molecule has 0 aromatic heterocycles. The van der Waals surface area contributed by atoms with Gasteiger partial charge in [-0.25, -0.2) is 0 Å². The fourth-order valence-electron chi connectivity index (χ4n) is 2.12. The van der Waals surface area contributed by atoms with Crippen LogP contribution < -0.4 is 5.73 Å². The number of rotatable bonds is 6. The molecule has 0 aliphatic rings. The van der Waals surface area contributed by atoms with Gasteiger partial charge in [0.25, 0.3) is 0 Å². The smallest absolute Gasteiger partial charge is 0.0244 e. The van der Waals surface area contributed by atoms with Crippen LogP contribution in [0.4, 0.5) is 0 Å². The van der Waals surface area contributed by atoms with E-state index in [1.807, 2.05) is 0 Å². The average molecular weight is 220 g/mol. The molecule has 1 atom stereocenters. The molecule has 0 spiro atoms. The van der Waals surface area contributed by atoms with Crippen molar-refractivity contribution in [3.8, 4) is 0 Å². The molecule has 0 fully saturated rings. The normalized spacial score (nSPS) is 13.4. The molecule has 2 N–H and O–H groups in total. The SMILES string of the molecule is CCN(Cc1ccccc1)C(CN)C(C)C. The molecule has 0 radical (unpaired) electrons. The quantitative estimate of drug-likeness (QED) is 0.798. The minimum Gasteiger partial charge on any atom is -0.329 e. The topological polar surface area (TPSA) is 29.3 Å². The lowest BCUT2D eigenvalue weighted by molar-refractivity contribution is 0.160. The van der Waals surface area contributed by atoms with Crippen molar-refractivity contribution in [1.29, 1.82) is 0 Å². The third kappa shape index (κ3) is 3.62. The van der Waals surface area contributed by atoms with Crippen LogP contribution >= 0.6 is 0 Å². The average Bonchev–Trinajstić information content (AvgIpc) is 2.29. The van der Waals surface area contributed by atoms with Crippen molar-refractivity contribution in [3.05, 3.63) is 35.9 Å². The van der Waals surface area contributed by atoms with Crippen LogP contribution in [-0.4, -0.2) is 24.0 Å². The van der Waals surface area contributed by atoms with Gasteiger partial charge in [-0.05, 0) is 18.0 Å². The van der Waals surface area contributed by atoms with Crippen LogP contribution in [0, 0.1) is 5.92 Å². The lowest BCUT2D eigenvalue weighted by Crippen LogP contribution is -2.43. The predicted octanol–water partition coefficient (Wildman–Crippen LogP) is 2.49. The Bertz CT molecular complexity index is 282. The molecule has 1 aromatic carbocycles. The van der Waals surface area contributed by atoms with E-state index in [4.69, 9.17) is 5.73 Å². The summed E-state index contributed by atoms with van der Waals surface area (Å²) in [7, 11) is 0. The third-order valence-electron chi connectivity index (χ3n) is 3.11. The molecule has 90 valence electrons. The first-order chi connectivity index (χ1) is 7.69. The highest BCUT2D eigenvalue weighted by Crippen LogP contribution is 2.13. The van der Waals surface area contributed by atoms with Gasteiger partial charge in [0.15, 0.2) is 0 Å². The molecule has 1 unspecified atom stereocenters. The summed E-state index contributed by atoms with van der Waals surface area (Å²) in [5.74, 6) is 0.605. The first-order valence-corrected chi connectivity index (χ1v) is 6.17. The van der Waals surface area contributed by atoms with Gasteiger partial charge in [0.05, 0.1) is 0 Å².